The largest absolute Gasteiger partial charge is 0.494 e. The summed E-state index contributed by atoms with van der Waals surface area (Å²) in [6.07, 6.45) is -0.812. The fraction of sp³-hybridized carbons (Fsp3) is 0.400. The highest BCUT2D eigenvalue weighted by Crippen LogP contribution is 2.20. The first kappa shape index (κ1) is 13.9. The molecule has 7 heteroatoms. The molecule has 0 spiro atoms. The average Bonchev–Trinajstić information content (AvgIpc) is 2.26. The molecule has 0 saturated heterocycles. The molecule has 0 bridgehead atoms. The molecular weight excluding hydrogens is 249 g/mol. The molecular formula is C10H14FNO4S. The normalized spacial score (nSPS) is 13.4. The van der Waals surface area contributed by atoms with Crippen LogP contribution >= 0.6 is 0 Å². The standard InChI is InChI=1S/C10H14FNO4S/c1-7(13)6-12-17(14,15)8-3-4-10(16-2)9(11)5-8/h3-5,7,12-13H,6H2,1-2H3/t7-/m1/s1. The van der Waals surface area contributed by atoms with Crippen molar-refractivity contribution in [2.45, 2.75) is 17.9 Å². The summed E-state index contributed by atoms with van der Waals surface area (Å²) in [5, 5.41) is 8.98. The molecule has 0 aliphatic rings. The third kappa shape index (κ3) is 3.65. The fourth-order valence-electron chi connectivity index (χ4n) is 1.13. The van der Waals surface area contributed by atoms with E-state index in [2.05, 4.69) is 9.46 Å². The van der Waals surface area contributed by atoms with Crippen LogP contribution < -0.4 is 9.46 Å². The van der Waals surface area contributed by atoms with Crippen molar-refractivity contribution in [3.63, 3.8) is 0 Å². The molecule has 96 valence electrons. The van der Waals surface area contributed by atoms with Crippen molar-refractivity contribution in [3.05, 3.63) is 24.0 Å². The lowest BCUT2D eigenvalue weighted by atomic mass is 10.3. The predicted molar refractivity (Wildman–Crippen MR) is 59.8 cm³/mol. The van der Waals surface area contributed by atoms with E-state index in [4.69, 9.17) is 5.11 Å². The number of nitrogens with one attached hydrogen (secondary N) is 1. The third-order valence-corrected chi connectivity index (χ3v) is 3.42. The van der Waals surface area contributed by atoms with Crippen LogP contribution in [-0.4, -0.2) is 33.3 Å². The van der Waals surface area contributed by atoms with Gasteiger partial charge >= 0.3 is 0 Å². The Bertz CT molecular complexity index is 487. The molecule has 0 aromatic heterocycles. The smallest absolute Gasteiger partial charge is 0.240 e. The third-order valence-electron chi connectivity index (χ3n) is 2.00. The van der Waals surface area contributed by atoms with Crippen LogP contribution in [0.4, 0.5) is 4.39 Å². The lowest BCUT2D eigenvalue weighted by molar-refractivity contribution is 0.198. The second kappa shape index (κ2) is 5.44. The maximum absolute atomic E-state index is 13.3. The molecule has 0 unspecified atom stereocenters. The number of ether oxygens (including phenoxy) is 1. The Labute approximate surface area is 99.3 Å². The van der Waals surface area contributed by atoms with Gasteiger partial charge in [-0.3, -0.25) is 0 Å². The summed E-state index contributed by atoms with van der Waals surface area (Å²) in [6, 6.07) is 3.32. The Morgan fingerprint density at radius 3 is 2.65 bits per heavy atom. The van der Waals surface area contributed by atoms with E-state index in [-0.39, 0.29) is 17.2 Å². The molecule has 2 N–H and O–H groups in total. The molecule has 0 aliphatic heterocycles. The monoisotopic (exact) mass is 263 g/mol. The second-order valence-electron chi connectivity index (χ2n) is 3.50. The number of aliphatic hydroxyl groups is 1. The maximum atomic E-state index is 13.3. The molecule has 5 nitrogen and oxygen atoms in total. The lowest BCUT2D eigenvalue weighted by Gasteiger charge is -2.09. The minimum absolute atomic E-state index is 0.0283. The van der Waals surface area contributed by atoms with Crippen LogP contribution in [0.3, 0.4) is 0 Å². The fourth-order valence-corrected chi connectivity index (χ4v) is 2.26. The first-order valence-electron chi connectivity index (χ1n) is 4.88. The number of benzene rings is 1. The van der Waals surface area contributed by atoms with Crippen molar-refractivity contribution in [2.75, 3.05) is 13.7 Å². The Kier molecular flexibility index (Phi) is 4.44. The van der Waals surface area contributed by atoms with Crippen molar-refractivity contribution in [1.82, 2.24) is 4.72 Å². The van der Waals surface area contributed by atoms with Gasteiger partial charge in [0.25, 0.3) is 0 Å². The Balaban J connectivity index is 2.96. The SMILES string of the molecule is COc1ccc(S(=O)(=O)NC[C@@H](C)O)cc1F. The molecule has 0 fully saturated rings. The summed E-state index contributed by atoms with van der Waals surface area (Å²) >= 11 is 0. The highest BCUT2D eigenvalue weighted by Gasteiger charge is 2.16. The number of methoxy groups -OCH3 is 1. The van der Waals surface area contributed by atoms with Gasteiger partial charge in [0.15, 0.2) is 11.6 Å². The average molecular weight is 263 g/mol. The molecule has 1 aromatic carbocycles. The van der Waals surface area contributed by atoms with Crippen LogP contribution in [0, 0.1) is 5.82 Å². The van der Waals surface area contributed by atoms with Crippen LogP contribution in [0.5, 0.6) is 5.75 Å². The number of aliphatic hydroxyl groups excluding tert-OH is 1. The van der Waals surface area contributed by atoms with Gasteiger partial charge in [0.2, 0.25) is 10.0 Å². The van der Waals surface area contributed by atoms with Crippen molar-refractivity contribution in [3.8, 4) is 5.75 Å². The molecule has 0 aliphatic carbocycles. The zero-order chi connectivity index (χ0) is 13.1. The molecule has 0 amide bonds. The minimum atomic E-state index is -3.81. The van der Waals surface area contributed by atoms with E-state index in [1.807, 2.05) is 0 Å². The zero-order valence-electron chi connectivity index (χ0n) is 9.47. The molecule has 1 rings (SSSR count). The van der Waals surface area contributed by atoms with Crippen molar-refractivity contribution in [2.24, 2.45) is 0 Å². The van der Waals surface area contributed by atoms with Gasteiger partial charge in [-0.1, -0.05) is 0 Å². The van der Waals surface area contributed by atoms with E-state index in [0.717, 1.165) is 6.07 Å². The van der Waals surface area contributed by atoms with E-state index in [1.54, 1.807) is 0 Å². The van der Waals surface area contributed by atoms with Crippen molar-refractivity contribution >= 4 is 10.0 Å². The predicted octanol–water partition coefficient (Wildman–Crippen LogP) is 0.493. The van der Waals surface area contributed by atoms with Crippen LogP contribution in [0.25, 0.3) is 0 Å². The highest BCUT2D eigenvalue weighted by molar-refractivity contribution is 7.89. The topological polar surface area (TPSA) is 75.6 Å². The van der Waals surface area contributed by atoms with E-state index >= 15 is 0 Å². The zero-order valence-corrected chi connectivity index (χ0v) is 10.3. The van der Waals surface area contributed by atoms with E-state index < -0.39 is 21.9 Å². The van der Waals surface area contributed by atoms with Crippen molar-refractivity contribution in [1.29, 1.82) is 0 Å². The van der Waals surface area contributed by atoms with Crippen molar-refractivity contribution < 1.29 is 22.7 Å². The first-order chi connectivity index (χ1) is 7.86. The first-order valence-corrected chi connectivity index (χ1v) is 6.36. The van der Waals surface area contributed by atoms with Gasteiger partial charge in [-0.05, 0) is 25.1 Å². The van der Waals surface area contributed by atoms with Gasteiger partial charge in [0.05, 0.1) is 18.1 Å². The molecule has 0 radical (unpaired) electrons. The lowest BCUT2D eigenvalue weighted by Crippen LogP contribution is -2.30. The van der Waals surface area contributed by atoms with Gasteiger partial charge in [0.1, 0.15) is 0 Å². The number of hydrogen-bond donors (Lipinski definition) is 2. The maximum Gasteiger partial charge on any atom is 0.240 e. The number of halogens is 1. The van der Waals surface area contributed by atoms with Gasteiger partial charge in [0, 0.05) is 6.54 Å². The van der Waals surface area contributed by atoms with Gasteiger partial charge in [-0.25, -0.2) is 17.5 Å². The second-order valence-corrected chi connectivity index (χ2v) is 5.26. The summed E-state index contributed by atoms with van der Waals surface area (Å²) < 4.78 is 43.5. The Morgan fingerprint density at radius 2 is 2.18 bits per heavy atom. The summed E-state index contributed by atoms with van der Waals surface area (Å²) in [5.74, 6) is -0.785. The van der Waals surface area contributed by atoms with Crippen LogP contribution in [0.2, 0.25) is 0 Å². The number of sulfonamides is 1. The van der Waals surface area contributed by atoms with Gasteiger partial charge < -0.3 is 9.84 Å². The molecule has 1 atom stereocenters. The molecule has 0 saturated carbocycles. The number of hydrogen-bond acceptors (Lipinski definition) is 4. The molecule has 17 heavy (non-hydrogen) atoms. The number of rotatable bonds is 5. The van der Waals surface area contributed by atoms with Crippen LogP contribution in [0.15, 0.2) is 23.1 Å². The van der Waals surface area contributed by atoms with E-state index in [1.165, 1.54) is 26.2 Å². The quantitative estimate of drug-likeness (QED) is 0.811. The summed E-state index contributed by atoms with van der Waals surface area (Å²) in [6.45, 7) is 1.31. The van der Waals surface area contributed by atoms with Gasteiger partial charge in [-0.2, -0.15) is 0 Å². The molecule has 1 aromatic rings. The summed E-state index contributed by atoms with van der Waals surface area (Å²) in [5.41, 5.74) is 0. The van der Waals surface area contributed by atoms with Gasteiger partial charge in [-0.15, -0.1) is 0 Å². The van der Waals surface area contributed by atoms with Crippen LogP contribution in [0.1, 0.15) is 6.92 Å². The van der Waals surface area contributed by atoms with E-state index in [0.29, 0.717) is 0 Å². The summed E-state index contributed by atoms with van der Waals surface area (Å²) in [7, 11) is -2.52. The highest BCUT2D eigenvalue weighted by atomic mass is 32.2. The summed E-state index contributed by atoms with van der Waals surface area (Å²) in [4.78, 5) is -0.212. The Morgan fingerprint density at radius 1 is 1.53 bits per heavy atom. The minimum Gasteiger partial charge on any atom is -0.494 e. The molecule has 0 heterocycles. The van der Waals surface area contributed by atoms with Crippen LogP contribution in [-0.2, 0) is 10.0 Å². The van der Waals surface area contributed by atoms with E-state index in [9.17, 15) is 12.8 Å². The Hall–Kier alpha value is -1.18.